The third-order valence-electron chi connectivity index (χ3n) is 3.01. The molecule has 0 saturated heterocycles. The van der Waals surface area contributed by atoms with Gasteiger partial charge in [-0.1, -0.05) is 0 Å². The number of alkyl halides is 3. The molecule has 0 spiro atoms. The van der Waals surface area contributed by atoms with Gasteiger partial charge in [0.05, 0.1) is 18.5 Å². The van der Waals surface area contributed by atoms with Crippen LogP contribution >= 0.6 is 0 Å². The van der Waals surface area contributed by atoms with Crippen molar-refractivity contribution >= 4 is 5.91 Å². The second-order valence-corrected chi connectivity index (χ2v) is 5.46. The van der Waals surface area contributed by atoms with Gasteiger partial charge in [0.1, 0.15) is 5.69 Å². The van der Waals surface area contributed by atoms with Crippen LogP contribution in [-0.4, -0.2) is 32.7 Å². The molecule has 2 aromatic heterocycles. The van der Waals surface area contributed by atoms with Crippen molar-refractivity contribution in [2.45, 2.75) is 32.2 Å². The number of nitrogens with zero attached hydrogens (tertiary/aromatic N) is 3. The van der Waals surface area contributed by atoms with Gasteiger partial charge in [0.25, 0.3) is 5.91 Å². The number of hydrogen-bond donors (Lipinski definition) is 1. The van der Waals surface area contributed by atoms with Crippen molar-refractivity contribution in [3.05, 3.63) is 42.1 Å². The Kier molecular flexibility index (Phi) is 5.10. The molecule has 0 radical (unpaired) electrons. The third kappa shape index (κ3) is 4.46. The molecule has 0 saturated carbocycles. The first kappa shape index (κ1) is 17.8. The lowest BCUT2D eigenvalue weighted by atomic mass is 10.1. The molecular formula is C15H17F3N4O2. The zero-order valence-electron chi connectivity index (χ0n) is 13.3. The van der Waals surface area contributed by atoms with E-state index in [9.17, 15) is 18.0 Å². The molecule has 1 atom stereocenters. The molecular weight excluding hydrogens is 325 g/mol. The van der Waals surface area contributed by atoms with Crippen LogP contribution in [0.5, 0.6) is 5.88 Å². The quantitative estimate of drug-likeness (QED) is 0.907. The van der Waals surface area contributed by atoms with Crippen molar-refractivity contribution in [3.8, 4) is 5.88 Å². The fraction of sp³-hybridized carbons (Fsp3) is 0.400. The Balaban J connectivity index is 2.16. The SMILES string of the molecule is CC(C)Oc1cnc(C(=O)N[C@@H](c2ccn(C)c2)C(F)(F)F)cn1. The lowest BCUT2D eigenvalue weighted by Gasteiger charge is -2.20. The first-order chi connectivity index (χ1) is 11.2. The number of ether oxygens (including phenoxy) is 1. The van der Waals surface area contributed by atoms with Crippen molar-refractivity contribution in [3.63, 3.8) is 0 Å². The smallest absolute Gasteiger partial charge is 0.412 e. The van der Waals surface area contributed by atoms with E-state index >= 15 is 0 Å². The molecule has 130 valence electrons. The number of carbonyl (C=O) groups excluding carboxylic acids is 1. The van der Waals surface area contributed by atoms with Crippen molar-refractivity contribution < 1.29 is 22.7 Å². The van der Waals surface area contributed by atoms with Crippen LogP contribution in [0, 0.1) is 0 Å². The summed E-state index contributed by atoms with van der Waals surface area (Å²) in [6, 6.07) is -0.830. The number of aryl methyl sites for hydroxylation is 1. The van der Waals surface area contributed by atoms with Gasteiger partial charge in [-0.25, -0.2) is 9.97 Å². The van der Waals surface area contributed by atoms with Gasteiger partial charge in [0, 0.05) is 25.0 Å². The van der Waals surface area contributed by atoms with Crippen LogP contribution in [-0.2, 0) is 7.05 Å². The highest BCUT2D eigenvalue weighted by molar-refractivity contribution is 5.92. The minimum atomic E-state index is -4.63. The molecule has 0 aromatic carbocycles. The largest absolute Gasteiger partial charge is 0.474 e. The van der Waals surface area contributed by atoms with E-state index in [0.29, 0.717) is 0 Å². The van der Waals surface area contributed by atoms with E-state index in [1.165, 1.54) is 29.2 Å². The van der Waals surface area contributed by atoms with Gasteiger partial charge in [0.15, 0.2) is 6.04 Å². The van der Waals surface area contributed by atoms with Gasteiger partial charge >= 0.3 is 6.18 Å². The van der Waals surface area contributed by atoms with E-state index in [1.807, 2.05) is 5.32 Å². The maximum Gasteiger partial charge on any atom is 0.412 e. The zero-order chi connectivity index (χ0) is 17.9. The Morgan fingerprint density at radius 2 is 2.00 bits per heavy atom. The molecule has 0 fully saturated rings. The van der Waals surface area contributed by atoms with Crippen LogP contribution in [0.4, 0.5) is 13.2 Å². The van der Waals surface area contributed by atoms with Crippen molar-refractivity contribution in [2.24, 2.45) is 7.05 Å². The third-order valence-corrected chi connectivity index (χ3v) is 3.01. The average molecular weight is 342 g/mol. The number of amides is 1. The summed E-state index contributed by atoms with van der Waals surface area (Å²) in [7, 11) is 1.59. The Morgan fingerprint density at radius 1 is 1.29 bits per heavy atom. The number of carbonyl (C=O) groups is 1. The predicted octanol–water partition coefficient (Wildman–Crippen LogP) is 2.64. The molecule has 6 nitrogen and oxygen atoms in total. The van der Waals surface area contributed by atoms with Crippen LogP contribution in [0.1, 0.15) is 35.9 Å². The highest BCUT2D eigenvalue weighted by Gasteiger charge is 2.42. The van der Waals surface area contributed by atoms with Crippen molar-refractivity contribution in [1.82, 2.24) is 19.9 Å². The minimum absolute atomic E-state index is 0.0638. The van der Waals surface area contributed by atoms with Gasteiger partial charge in [-0.15, -0.1) is 0 Å². The van der Waals surface area contributed by atoms with Crippen molar-refractivity contribution in [2.75, 3.05) is 0 Å². The van der Waals surface area contributed by atoms with E-state index in [0.717, 1.165) is 6.20 Å². The highest BCUT2D eigenvalue weighted by atomic mass is 19.4. The molecule has 0 unspecified atom stereocenters. The molecule has 24 heavy (non-hydrogen) atoms. The molecule has 1 N–H and O–H groups in total. The summed E-state index contributed by atoms with van der Waals surface area (Å²) < 4.78 is 46.4. The molecule has 2 heterocycles. The average Bonchev–Trinajstić information content (AvgIpc) is 2.89. The Hall–Kier alpha value is -2.58. The summed E-state index contributed by atoms with van der Waals surface area (Å²) in [5.74, 6) is -0.776. The van der Waals surface area contributed by atoms with Crippen LogP contribution in [0.15, 0.2) is 30.9 Å². The Labute approximate surface area is 136 Å². The van der Waals surface area contributed by atoms with Crippen molar-refractivity contribution in [1.29, 1.82) is 0 Å². The van der Waals surface area contributed by atoms with Gasteiger partial charge in [-0.2, -0.15) is 13.2 Å². The van der Waals surface area contributed by atoms with Crippen LogP contribution in [0.25, 0.3) is 0 Å². The Morgan fingerprint density at radius 3 is 2.46 bits per heavy atom. The molecule has 0 bridgehead atoms. The first-order valence-corrected chi connectivity index (χ1v) is 7.15. The topological polar surface area (TPSA) is 69.0 Å². The van der Waals surface area contributed by atoms with Crippen LogP contribution < -0.4 is 10.1 Å². The number of halogens is 3. The van der Waals surface area contributed by atoms with E-state index in [4.69, 9.17) is 4.74 Å². The van der Waals surface area contributed by atoms with Gasteiger partial charge < -0.3 is 14.6 Å². The standard InChI is InChI=1S/C15H17F3N4O2/c1-9(2)24-12-7-19-11(6-20-12)14(23)21-13(15(16,17)18)10-4-5-22(3)8-10/h4-9,13H,1-3H3,(H,21,23)/t13-/m0/s1. The summed E-state index contributed by atoms with van der Waals surface area (Å²) in [5, 5.41) is 1.94. The predicted molar refractivity (Wildman–Crippen MR) is 79.5 cm³/mol. The monoisotopic (exact) mass is 342 g/mol. The summed E-state index contributed by atoms with van der Waals surface area (Å²) >= 11 is 0. The van der Waals surface area contributed by atoms with E-state index in [-0.39, 0.29) is 23.2 Å². The van der Waals surface area contributed by atoms with E-state index < -0.39 is 18.1 Å². The summed E-state index contributed by atoms with van der Waals surface area (Å²) in [6.07, 6.45) is 0.268. The van der Waals surface area contributed by atoms with Crippen LogP contribution in [0.2, 0.25) is 0 Å². The van der Waals surface area contributed by atoms with E-state index in [2.05, 4.69) is 9.97 Å². The lowest BCUT2D eigenvalue weighted by Crippen LogP contribution is -2.38. The minimum Gasteiger partial charge on any atom is -0.474 e. The fourth-order valence-corrected chi connectivity index (χ4v) is 1.99. The van der Waals surface area contributed by atoms with Gasteiger partial charge in [-0.05, 0) is 19.9 Å². The molecule has 0 aliphatic carbocycles. The maximum atomic E-state index is 13.2. The number of hydrogen-bond acceptors (Lipinski definition) is 4. The zero-order valence-corrected chi connectivity index (χ0v) is 13.3. The van der Waals surface area contributed by atoms with Gasteiger partial charge in [-0.3, -0.25) is 4.79 Å². The first-order valence-electron chi connectivity index (χ1n) is 7.15. The van der Waals surface area contributed by atoms with Gasteiger partial charge in [0.2, 0.25) is 5.88 Å². The molecule has 0 aliphatic heterocycles. The number of nitrogens with one attached hydrogen (secondary N) is 1. The van der Waals surface area contributed by atoms with E-state index in [1.54, 1.807) is 20.9 Å². The normalized spacial score (nSPS) is 13.0. The molecule has 9 heteroatoms. The fourth-order valence-electron chi connectivity index (χ4n) is 1.99. The molecule has 0 aliphatic rings. The Bertz CT molecular complexity index is 695. The molecule has 2 aromatic rings. The van der Waals surface area contributed by atoms with Crippen LogP contribution in [0.3, 0.4) is 0 Å². The summed E-state index contributed by atoms with van der Waals surface area (Å²) in [6.45, 7) is 3.58. The highest BCUT2D eigenvalue weighted by Crippen LogP contribution is 2.32. The maximum absolute atomic E-state index is 13.2. The summed E-state index contributed by atoms with van der Waals surface area (Å²) in [5.41, 5.74) is -0.289. The number of aromatic nitrogens is 3. The second-order valence-electron chi connectivity index (χ2n) is 5.46. The lowest BCUT2D eigenvalue weighted by molar-refractivity contribution is -0.155. The molecule has 1 amide bonds. The second kappa shape index (κ2) is 6.90. The molecule has 2 rings (SSSR count). The summed E-state index contributed by atoms with van der Waals surface area (Å²) in [4.78, 5) is 19.7. The number of rotatable bonds is 5.